The second-order valence-electron chi connectivity index (χ2n) is 5.50. The molecule has 0 atom stereocenters. The molecule has 0 aliphatic heterocycles. The van der Waals surface area contributed by atoms with E-state index in [0.29, 0.717) is 25.9 Å². The molecule has 0 bridgehead atoms. The van der Waals surface area contributed by atoms with Crippen LogP contribution in [-0.2, 0) is 22.6 Å². The van der Waals surface area contributed by atoms with Gasteiger partial charge in [0.15, 0.2) is 0 Å². The van der Waals surface area contributed by atoms with Gasteiger partial charge in [0.05, 0.1) is 19.8 Å². The maximum atomic E-state index is 5.55. The van der Waals surface area contributed by atoms with Crippen molar-refractivity contribution >= 4 is 10.9 Å². The van der Waals surface area contributed by atoms with Crippen LogP contribution >= 0.6 is 0 Å². The van der Waals surface area contributed by atoms with E-state index < -0.39 is 0 Å². The van der Waals surface area contributed by atoms with E-state index in [9.17, 15) is 0 Å². The fraction of sp³-hybridized carbons (Fsp3) is 0.529. The van der Waals surface area contributed by atoms with E-state index in [0.717, 1.165) is 13.1 Å². The van der Waals surface area contributed by atoms with Crippen molar-refractivity contribution in [3.8, 4) is 0 Å². The molecular formula is C17H26N2O2. The first-order valence-corrected chi connectivity index (χ1v) is 7.59. The Morgan fingerprint density at radius 2 is 2.00 bits per heavy atom. The smallest absolute Gasteiger partial charge is 0.0701 e. The van der Waals surface area contributed by atoms with Crippen molar-refractivity contribution in [2.75, 3.05) is 26.9 Å². The Morgan fingerprint density at radius 3 is 2.76 bits per heavy atom. The average molecular weight is 290 g/mol. The molecule has 0 radical (unpaired) electrons. The number of benzene rings is 1. The normalized spacial score (nSPS) is 11.6. The minimum atomic E-state index is 0.497. The number of hydrogen-bond acceptors (Lipinski definition) is 3. The fourth-order valence-corrected chi connectivity index (χ4v) is 2.36. The lowest BCUT2D eigenvalue weighted by Crippen LogP contribution is -2.21. The Labute approximate surface area is 127 Å². The van der Waals surface area contributed by atoms with E-state index in [-0.39, 0.29) is 0 Å². The van der Waals surface area contributed by atoms with Gasteiger partial charge in [0.2, 0.25) is 0 Å². The standard InChI is InChI=1S/C17H26N2O2/c1-14(2)18-13-15-5-4-6-17-16(15)7-8-19(17)9-10-21-12-11-20-3/h4-8,14,18H,9-13H2,1-3H3. The highest BCUT2D eigenvalue weighted by molar-refractivity contribution is 5.83. The Morgan fingerprint density at radius 1 is 1.14 bits per heavy atom. The molecule has 0 unspecified atom stereocenters. The van der Waals surface area contributed by atoms with Crippen LogP contribution in [0.1, 0.15) is 19.4 Å². The molecule has 0 spiro atoms. The third-order valence-electron chi connectivity index (χ3n) is 3.51. The van der Waals surface area contributed by atoms with Gasteiger partial charge in [-0.15, -0.1) is 0 Å². The van der Waals surface area contributed by atoms with Gasteiger partial charge in [-0.25, -0.2) is 0 Å². The minimum absolute atomic E-state index is 0.497. The van der Waals surface area contributed by atoms with Crippen molar-refractivity contribution < 1.29 is 9.47 Å². The summed E-state index contributed by atoms with van der Waals surface area (Å²) in [5.74, 6) is 0. The van der Waals surface area contributed by atoms with Crippen molar-refractivity contribution in [3.05, 3.63) is 36.0 Å². The highest BCUT2D eigenvalue weighted by atomic mass is 16.5. The summed E-state index contributed by atoms with van der Waals surface area (Å²) in [7, 11) is 1.69. The maximum Gasteiger partial charge on any atom is 0.0701 e. The molecule has 0 aliphatic rings. The number of methoxy groups -OCH3 is 1. The highest BCUT2D eigenvalue weighted by Crippen LogP contribution is 2.20. The molecule has 1 aromatic heterocycles. The second-order valence-corrected chi connectivity index (χ2v) is 5.50. The molecule has 0 saturated heterocycles. The van der Waals surface area contributed by atoms with Gasteiger partial charge >= 0.3 is 0 Å². The summed E-state index contributed by atoms with van der Waals surface area (Å²) in [5, 5.41) is 4.80. The lowest BCUT2D eigenvalue weighted by Gasteiger charge is -2.10. The van der Waals surface area contributed by atoms with Crippen molar-refractivity contribution in [1.29, 1.82) is 0 Å². The van der Waals surface area contributed by atoms with Crippen LogP contribution < -0.4 is 5.32 Å². The van der Waals surface area contributed by atoms with E-state index in [2.05, 4.69) is 54.2 Å². The molecule has 2 aromatic rings. The predicted octanol–water partition coefficient (Wildman–Crippen LogP) is 2.80. The van der Waals surface area contributed by atoms with Crippen LogP contribution in [0.15, 0.2) is 30.5 Å². The quantitative estimate of drug-likeness (QED) is 0.721. The average Bonchev–Trinajstić information content (AvgIpc) is 2.89. The molecule has 2 rings (SSSR count). The van der Waals surface area contributed by atoms with Crippen LogP contribution in [0.2, 0.25) is 0 Å². The first-order valence-electron chi connectivity index (χ1n) is 7.59. The Bertz CT molecular complexity index is 549. The van der Waals surface area contributed by atoms with Crippen molar-refractivity contribution in [3.63, 3.8) is 0 Å². The van der Waals surface area contributed by atoms with Gasteiger partial charge in [-0.1, -0.05) is 26.0 Å². The monoisotopic (exact) mass is 290 g/mol. The molecule has 4 nitrogen and oxygen atoms in total. The molecule has 0 aliphatic carbocycles. The molecule has 0 fully saturated rings. The zero-order chi connectivity index (χ0) is 15.1. The van der Waals surface area contributed by atoms with Crippen molar-refractivity contribution in [2.45, 2.75) is 33.0 Å². The predicted molar refractivity (Wildman–Crippen MR) is 86.6 cm³/mol. The Balaban J connectivity index is 2.00. The Hall–Kier alpha value is -1.36. The summed E-state index contributed by atoms with van der Waals surface area (Å²) in [6, 6.07) is 9.18. The zero-order valence-corrected chi connectivity index (χ0v) is 13.3. The summed E-state index contributed by atoms with van der Waals surface area (Å²) < 4.78 is 12.8. The Kier molecular flexibility index (Phi) is 6.23. The van der Waals surface area contributed by atoms with Crippen LogP contribution in [0.5, 0.6) is 0 Å². The summed E-state index contributed by atoms with van der Waals surface area (Å²) >= 11 is 0. The molecule has 0 amide bonds. The summed E-state index contributed by atoms with van der Waals surface area (Å²) in [5.41, 5.74) is 2.62. The fourth-order valence-electron chi connectivity index (χ4n) is 2.36. The molecule has 1 N–H and O–H groups in total. The summed E-state index contributed by atoms with van der Waals surface area (Å²) in [6.07, 6.45) is 2.14. The van der Waals surface area contributed by atoms with E-state index >= 15 is 0 Å². The van der Waals surface area contributed by atoms with Crippen LogP contribution in [0.3, 0.4) is 0 Å². The summed E-state index contributed by atoms with van der Waals surface area (Å²) in [4.78, 5) is 0. The van der Waals surface area contributed by atoms with Crippen molar-refractivity contribution in [2.24, 2.45) is 0 Å². The van der Waals surface area contributed by atoms with E-state index in [1.165, 1.54) is 16.5 Å². The van der Waals surface area contributed by atoms with Crippen molar-refractivity contribution in [1.82, 2.24) is 9.88 Å². The molecule has 116 valence electrons. The number of hydrogen-bond donors (Lipinski definition) is 1. The zero-order valence-electron chi connectivity index (χ0n) is 13.3. The molecule has 1 heterocycles. The third kappa shape index (κ3) is 4.56. The van der Waals surface area contributed by atoms with Crippen LogP contribution in [0.25, 0.3) is 10.9 Å². The van der Waals surface area contributed by atoms with Gasteiger partial charge in [-0.3, -0.25) is 0 Å². The highest BCUT2D eigenvalue weighted by Gasteiger charge is 2.06. The molecule has 21 heavy (non-hydrogen) atoms. The summed E-state index contributed by atoms with van der Waals surface area (Å²) in [6.45, 7) is 8.13. The molecular weight excluding hydrogens is 264 g/mol. The molecule has 0 saturated carbocycles. The lowest BCUT2D eigenvalue weighted by atomic mass is 10.1. The number of fused-ring (bicyclic) bond motifs is 1. The number of aromatic nitrogens is 1. The SMILES string of the molecule is COCCOCCn1ccc2c(CNC(C)C)cccc21. The number of nitrogens with zero attached hydrogens (tertiary/aromatic N) is 1. The van der Waals surface area contributed by atoms with E-state index in [1.54, 1.807) is 7.11 Å². The van der Waals surface area contributed by atoms with Crippen LogP contribution in [0, 0.1) is 0 Å². The van der Waals surface area contributed by atoms with Gasteiger partial charge < -0.3 is 19.4 Å². The third-order valence-corrected chi connectivity index (χ3v) is 3.51. The second kappa shape index (κ2) is 8.17. The van der Waals surface area contributed by atoms with Gasteiger partial charge in [-0.05, 0) is 17.7 Å². The maximum absolute atomic E-state index is 5.55. The van der Waals surface area contributed by atoms with Gasteiger partial charge in [0.25, 0.3) is 0 Å². The first-order chi connectivity index (χ1) is 10.2. The minimum Gasteiger partial charge on any atom is -0.382 e. The molecule has 4 heteroatoms. The van der Waals surface area contributed by atoms with Gasteiger partial charge in [0.1, 0.15) is 0 Å². The van der Waals surface area contributed by atoms with Gasteiger partial charge in [-0.2, -0.15) is 0 Å². The number of rotatable bonds is 9. The molecule has 1 aromatic carbocycles. The number of ether oxygens (including phenoxy) is 2. The van der Waals surface area contributed by atoms with Crippen LogP contribution in [0.4, 0.5) is 0 Å². The first kappa shape index (κ1) is 16.0. The lowest BCUT2D eigenvalue weighted by molar-refractivity contribution is 0.0670. The van der Waals surface area contributed by atoms with Crippen LogP contribution in [-0.4, -0.2) is 37.5 Å². The van der Waals surface area contributed by atoms with E-state index in [1.807, 2.05) is 0 Å². The van der Waals surface area contributed by atoms with E-state index in [4.69, 9.17) is 9.47 Å². The topological polar surface area (TPSA) is 35.4 Å². The van der Waals surface area contributed by atoms with Gasteiger partial charge in [0, 0.05) is 43.3 Å². The largest absolute Gasteiger partial charge is 0.382 e. The number of nitrogens with one attached hydrogen (secondary N) is 1.